The molecule has 0 saturated carbocycles. The van der Waals surface area contributed by atoms with Crippen molar-refractivity contribution in [2.24, 2.45) is 0 Å². The summed E-state index contributed by atoms with van der Waals surface area (Å²) in [5.74, 6) is 0. The number of nitrogens with zero attached hydrogens (tertiary/aromatic N) is 2. The van der Waals surface area contributed by atoms with Crippen molar-refractivity contribution in [2.45, 2.75) is 33.3 Å². The van der Waals surface area contributed by atoms with Crippen molar-refractivity contribution in [3.05, 3.63) is 0 Å². The molecule has 0 radical (unpaired) electrons. The maximum absolute atomic E-state index is 11.6. The zero-order chi connectivity index (χ0) is 15.7. The predicted octanol–water partition coefficient (Wildman–Crippen LogP) is 1.45. The molecule has 0 aromatic carbocycles. The lowest BCUT2D eigenvalue weighted by atomic mass is 10.3. The summed E-state index contributed by atoms with van der Waals surface area (Å²) >= 11 is 5.37. The number of rotatable bonds is 6. The lowest BCUT2D eigenvalue weighted by Gasteiger charge is -2.35. The first-order valence-corrected chi connectivity index (χ1v) is 8.01. The van der Waals surface area contributed by atoms with Crippen LogP contribution in [0.2, 0.25) is 0 Å². The molecule has 1 amide bonds. The van der Waals surface area contributed by atoms with Crippen LogP contribution in [0.3, 0.4) is 0 Å². The van der Waals surface area contributed by atoms with Gasteiger partial charge in [0.25, 0.3) is 0 Å². The van der Waals surface area contributed by atoms with Crippen molar-refractivity contribution < 1.29 is 14.3 Å². The molecule has 0 unspecified atom stereocenters. The highest BCUT2D eigenvalue weighted by atomic mass is 32.1. The Bertz CT molecular complexity index is 331. The standard InChI is InChI=1S/C14H27N3O3S/c1-4-19-14(18)17-9-7-16(8-10-17)13(21)15-6-5-11-20-12(2)3/h12H,4-11H2,1-3H3,(H,15,21). The van der Waals surface area contributed by atoms with Gasteiger partial charge in [0.05, 0.1) is 12.7 Å². The van der Waals surface area contributed by atoms with E-state index in [0.717, 1.165) is 37.8 Å². The van der Waals surface area contributed by atoms with Crippen LogP contribution in [0.25, 0.3) is 0 Å². The Labute approximate surface area is 132 Å². The molecule has 1 N–H and O–H groups in total. The van der Waals surface area contributed by atoms with Crippen LogP contribution >= 0.6 is 12.2 Å². The van der Waals surface area contributed by atoms with Crippen LogP contribution in [0.5, 0.6) is 0 Å². The van der Waals surface area contributed by atoms with Gasteiger partial charge in [-0.2, -0.15) is 0 Å². The van der Waals surface area contributed by atoms with Gasteiger partial charge < -0.3 is 24.6 Å². The van der Waals surface area contributed by atoms with Crippen LogP contribution in [0, 0.1) is 0 Å². The molecule has 0 aromatic heterocycles. The molecule has 0 aliphatic carbocycles. The van der Waals surface area contributed by atoms with E-state index in [4.69, 9.17) is 21.7 Å². The summed E-state index contributed by atoms with van der Waals surface area (Å²) in [5.41, 5.74) is 0. The van der Waals surface area contributed by atoms with Crippen LogP contribution in [0.1, 0.15) is 27.2 Å². The fourth-order valence-electron chi connectivity index (χ4n) is 2.01. The minimum atomic E-state index is -0.234. The molecular weight excluding hydrogens is 290 g/mol. The quantitative estimate of drug-likeness (QED) is 0.591. The van der Waals surface area contributed by atoms with Gasteiger partial charge in [-0.05, 0) is 39.4 Å². The van der Waals surface area contributed by atoms with E-state index in [0.29, 0.717) is 19.7 Å². The Morgan fingerprint density at radius 2 is 1.86 bits per heavy atom. The van der Waals surface area contributed by atoms with Crippen molar-refractivity contribution >= 4 is 23.4 Å². The minimum absolute atomic E-state index is 0.234. The normalized spacial score (nSPS) is 15.2. The van der Waals surface area contributed by atoms with Crippen molar-refractivity contribution in [3.63, 3.8) is 0 Å². The maximum Gasteiger partial charge on any atom is 0.409 e. The van der Waals surface area contributed by atoms with Gasteiger partial charge in [0.2, 0.25) is 0 Å². The molecule has 1 aliphatic rings. The molecule has 1 saturated heterocycles. The van der Waals surface area contributed by atoms with E-state index in [1.807, 2.05) is 20.8 Å². The second-order valence-corrected chi connectivity index (χ2v) is 5.56. The number of hydrogen-bond acceptors (Lipinski definition) is 4. The Kier molecular flexibility index (Phi) is 8.37. The topological polar surface area (TPSA) is 54.0 Å². The highest BCUT2D eigenvalue weighted by Crippen LogP contribution is 2.04. The predicted molar refractivity (Wildman–Crippen MR) is 86.5 cm³/mol. The second-order valence-electron chi connectivity index (χ2n) is 5.18. The molecule has 0 aromatic rings. The Balaban J connectivity index is 2.15. The number of amides is 1. The number of hydrogen-bond donors (Lipinski definition) is 1. The summed E-state index contributed by atoms with van der Waals surface area (Å²) < 4.78 is 10.5. The van der Waals surface area contributed by atoms with Crippen molar-refractivity contribution in [1.82, 2.24) is 15.1 Å². The number of nitrogens with one attached hydrogen (secondary N) is 1. The first-order valence-electron chi connectivity index (χ1n) is 7.60. The van der Waals surface area contributed by atoms with E-state index >= 15 is 0 Å². The number of carbonyl (C=O) groups excluding carboxylic acids is 1. The van der Waals surface area contributed by atoms with E-state index in [2.05, 4.69) is 10.2 Å². The Hall–Kier alpha value is -1.08. The molecule has 1 rings (SSSR count). The zero-order valence-electron chi connectivity index (χ0n) is 13.3. The summed E-state index contributed by atoms with van der Waals surface area (Å²) in [4.78, 5) is 15.4. The lowest BCUT2D eigenvalue weighted by Crippen LogP contribution is -2.53. The third-order valence-corrected chi connectivity index (χ3v) is 3.54. The van der Waals surface area contributed by atoms with Crippen LogP contribution in [-0.4, -0.2) is 73.0 Å². The minimum Gasteiger partial charge on any atom is -0.450 e. The van der Waals surface area contributed by atoms with Crippen LogP contribution < -0.4 is 5.32 Å². The van der Waals surface area contributed by atoms with Gasteiger partial charge in [-0.25, -0.2) is 4.79 Å². The molecule has 0 atom stereocenters. The molecule has 6 nitrogen and oxygen atoms in total. The molecule has 0 bridgehead atoms. The highest BCUT2D eigenvalue weighted by molar-refractivity contribution is 7.80. The summed E-state index contributed by atoms with van der Waals surface area (Å²) in [5, 5.41) is 3.99. The number of piperazine rings is 1. The fourth-order valence-corrected chi connectivity index (χ4v) is 2.29. The van der Waals surface area contributed by atoms with Crippen LogP contribution in [0.15, 0.2) is 0 Å². The first-order chi connectivity index (χ1) is 10.0. The monoisotopic (exact) mass is 317 g/mol. The number of carbonyl (C=O) groups is 1. The summed E-state index contributed by atoms with van der Waals surface area (Å²) in [6, 6.07) is 0. The largest absolute Gasteiger partial charge is 0.450 e. The Morgan fingerprint density at radius 3 is 2.43 bits per heavy atom. The average molecular weight is 317 g/mol. The van der Waals surface area contributed by atoms with Crippen LogP contribution in [-0.2, 0) is 9.47 Å². The van der Waals surface area contributed by atoms with Gasteiger partial charge in [0.1, 0.15) is 0 Å². The second kappa shape index (κ2) is 9.78. The molecular formula is C14H27N3O3S. The third-order valence-electron chi connectivity index (χ3n) is 3.14. The van der Waals surface area contributed by atoms with Gasteiger partial charge in [0.15, 0.2) is 5.11 Å². The summed E-state index contributed by atoms with van der Waals surface area (Å²) in [7, 11) is 0. The van der Waals surface area contributed by atoms with E-state index in [9.17, 15) is 4.79 Å². The third kappa shape index (κ3) is 6.95. The summed E-state index contributed by atoms with van der Waals surface area (Å²) in [6.45, 7) is 10.6. The fraction of sp³-hybridized carbons (Fsp3) is 0.857. The smallest absolute Gasteiger partial charge is 0.409 e. The molecule has 1 aliphatic heterocycles. The number of thiocarbonyl (C=S) groups is 1. The first kappa shape index (κ1) is 18.0. The van der Waals surface area contributed by atoms with Crippen molar-refractivity contribution in [2.75, 3.05) is 45.9 Å². The lowest BCUT2D eigenvalue weighted by molar-refractivity contribution is 0.0773. The molecule has 0 spiro atoms. The van der Waals surface area contributed by atoms with Gasteiger partial charge in [-0.3, -0.25) is 0 Å². The van der Waals surface area contributed by atoms with Gasteiger partial charge in [0, 0.05) is 39.3 Å². The van der Waals surface area contributed by atoms with Crippen LogP contribution in [0.4, 0.5) is 4.79 Å². The van der Waals surface area contributed by atoms with E-state index < -0.39 is 0 Å². The number of ether oxygens (including phenoxy) is 2. The van der Waals surface area contributed by atoms with Crippen molar-refractivity contribution in [1.29, 1.82) is 0 Å². The summed E-state index contributed by atoms with van der Waals surface area (Å²) in [6.07, 6.45) is 0.968. The van der Waals surface area contributed by atoms with E-state index in [1.165, 1.54) is 0 Å². The van der Waals surface area contributed by atoms with Gasteiger partial charge >= 0.3 is 6.09 Å². The average Bonchev–Trinajstić information content (AvgIpc) is 2.46. The van der Waals surface area contributed by atoms with Gasteiger partial charge in [-0.15, -0.1) is 0 Å². The van der Waals surface area contributed by atoms with E-state index in [1.54, 1.807) is 4.90 Å². The van der Waals surface area contributed by atoms with Gasteiger partial charge in [-0.1, -0.05) is 0 Å². The zero-order valence-corrected chi connectivity index (χ0v) is 14.1. The van der Waals surface area contributed by atoms with Crippen molar-refractivity contribution in [3.8, 4) is 0 Å². The molecule has 1 heterocycles. The molecule has 122 valence electrons. The maximum atomic E-state index is 11.6. The Morgan fingerprint density at radius 1 is 1.24 bits per heavy atom. The SMILES string of the molecule is CCOC(=O)N1CCN(C(=S)NCCCOC(C)C)CC1. The highest BCUT2D eigenvalue weighted by Gasteiger charge is 2.22. The molecule has 1 fully saturated rings. The molecule has 21 heavy (non-hydrogen) atoms. The molecule has 7 heteroatoms. The van der Waals surface area contributed by atoms with E-state index in [-0.39, 0.29) is 12.2 Å².